The Labute approximate surface area is 241 Å². The van der Waals surface area contributed by atoms with E-state index >= 15 is 0 Å². The minimum Gasteiger partial charge on any atom is -0.234 e. The van der Waals surface area contributed by atoms with Crippen molar-refractivity contribution in [3.8, 4) is 0 Å². The molecule has 0 radical (unpaired) electrons. The van der Waals surface area contributed by atoms with Crippen molar-refractivity contribution < 1.29 is 0 Å². The standard InChI is InChI=1S/C29H20N2.C5H12.2C2H6/c1-3-10-25(11-4-1)31(26-12-5-2-6-13-26)30-20-24-17-16-23-15-14-21-8-7-9-22-18-19-27(24)29(23)28(21)22;1-3-5-4-2;2*1-2/h1-20H;3-5H2,1-2H3;2*1-2H3. The van der Waals surface area contributed by atoms with E-state index in [1.54, 1.807) is 0 Å². The van der Waals surface area contributed by atoms with Crippen LogP contribution in [-0.4, -0.2) is 6.21 Å². The van der Waals surface area contributed by atoms with Crippen molar-refractivity contribution in [2.75, 3.05) is 5.01 Å². The fraction of sp³-hybridized carbons (Fsp3) is 0.237. The zero-order valence-corrected chi connectivity index (χ0v) is 25.1. The highest BCUT2D eigenvalue weighted by Gasteiger charge is 2.11. The Kier molecular flexibility index (Phi) is 12.2. The maximum Gasteiger partial charge on any atom is 0.0652 e. The average molecular weight is 529 g/mol. The van der Waals surface area contributed by atoms with Crippen LogP contribution >= 0.6 is 0 Å². The van der Waals surface area contributed by atoms with Crippen molar-refractivity contribution in [2.45, 2.75) is 60.8 Å². The molecule has 0 fully saturated rings. The van der Waals surface area contributed by atoms with Crippen molar-refractivity contribution in [1.29, 1.82) is 0 Å². The van der Waals surface area contributed by atoms with Crippen LogP contribution in [0, 0.1) is 0 Å². The van der Waals surface area contributed by atoms with Gasteiger partial charge in [0.15, 0.2) is 0 Å². The third-order valence-corrected chi connectivity index (χ3v) is 6.58. The Morgan fingerprint density at radius 2 is 1.00 bits per heavy atom. The van der Waals surface area contributed by atoms with Gasteiger partial charge in [-0.15, -0.1) is 0 Å². The molecule has 0 aliphatic rings. The molecule has 2 nitrogen and oxygen atoms in total. The molecule has 40 heavy (non-hydrogen) atoms. The number of nitrogens with zero attached hydrogens (tertiary/aromatic N) is 2. The molecule has 0 saturated carbocycles. The van der Waals surface area contributed by atoms with Gasteiger partial charge in [0.1, 0.15) is 0 Å². The third kappa shape index (κ3) is 7.07. The van der Waals surface area contributed by atoms with Gasteiger partial charge in [-0.05, 0) is 56.6 Å². The van der Waals surface area contributed by atoms with Gasteiger partial charge in [0.2, 0.25) is 0 Å². The molecule has 0 aliphatic heterocycles. The largest absolute Gasteiger partial charge is 0.234 e. The highest BCUT2D eigenvalue weighted by molar-refractivity contribution is 6.25. The summed E-state index contributed by atoms with van der Waals surface area (Å²) in [6.45, 7) is 12.4. The second-order valence-electron chi connectivity index (χ2n) is 9.09. The highest BCUT2D eigenvalue weighted by Crippen LogP contribution is 2.35. The van der Waals surface area contributed by atoms with Crippen LogP contribution in [0.1, 0.15) is 66.4 Å². The number of anilines is 2. The molecule has 0 spiro atoms. The normalized spacial score (nSPS) is 10.4. The Bertz CT molecular complexity index is 1510. The van der Waals surface area contributed by atoms with Crippen molar-refractivity contribution in [3.05, 3.63) is 121 Å². The molecule has 0 aliphatic carbocycles. The number of benzene rings is 6. The number of para-hydroxylation sites is 2. The summed E-state index contributed by atoms with van der Waals surface area (Å²) in [5.74, 6) is 0. The summed E-state index contributed by atoms with van der Waals surface area (Å²) in [4.78, 5) is 0. The van der Waals surface area contributed by atoms with Crippen molar-refractivity contribution in [3.63, 3.8) is 0 Å². The van der Waals surface area contributed by atoms with E-state index in [4.69, 9.17) is 5.10 Å². The second-order valence-corrected chi connectivity index (χ2v) is 9.09. The van der Waals surface area contributed by atoms with Crippen LogP contribution in [0.4, 0.5) is 11.4 Å². The fourth-order valence-electron chi connectivity index (χ4n) is 4.76. The van der Waals surface area contributed by atoms with E-state index in [9.17, 15) is 0 Å². The molecule has 0 unspecified atom stereocenters. The quantitative estimate of drug-likeness (QED) is 0.119. The molecule has 0 heterocycles. The first-order valence-corrected chi connectivity index (χ1v) is 14.9. The van der Waals surface area contributed by atoms with E-state index in [1.165, 1.54) is 51.6 Å². The van der Waals surface area contributed by atoms with E-state index < -0.39 is 0 Å². The zero-order chi connectivity index (χ0) is 28.7. The Balaban J connectivity index is 0.000000438. The molecule has 6 aromatic carbocycles. The minimum absolute atomic E-state index is 1.03. The lowest BCUT2D eigenvalue weighted by Gasteiger charge is -2.19. The molecule has 206 valence electrons. The minimum atomic E-state index is 1.03. The number of hydrogen-bond donors (Lipinski definition) is 0. The second kappa shape index (κ2) is 16.1. The van der Waals surface area contributed by atoms with Gasteiger partial charge in [-0.2, -0.15) is 5.10 Å². The molecular weight excluding hydrogens is 484 g/mol. The van der Waals surface area contributed by atoms with Crippen LogP contribution in [0.3, 0.4) is 0 Å². The van der Waals surface area contributed by atoms with E-state index in [2.05, 4.69) is 92.7 Å². The Morgan fingerprint density at radius 1 is 0.525 bits per heavy atom. The summed E-state index contributed by atoms with van der Waals surface area (Å²) >= 11 is 0. The predicted molar refractivity (Wildman–Crippen MR) is 181 cm³/mol. The van der Waals surface area contributed by atoms with Crippen LogP contribution in [0.25, 0.3) is 32.3 Å². The lowest BCUT2D eigenvalue weighted by atomic mass is 9.92. The summed E-state index contributed by atoms with van der Waals surface area (Å²) in [5, 5.41) is 14.6. The van der Waals surface area contributed by atoms with Gasteiger partial charge in [-0.25, -0.2) is 5.01 Å². The van der Waals surface area contributed by atoms with Crippen LogP contribution < -0.4 is 5.01 Å². The van der Waals surface area contributed by atoms with Crippen LogP contribution in [0.15, 0.2) is 120 Å². The smallest absolute Gasteiger partial charge is 0.0652 e. The monoisotopic (exact) mass is 528 g/mol. The van der Waals surface area contributed by atoms with Crippen LogP contribution in [-0.2, 0) is 0 Å². The molecule has 0 amide bonds. The van der Waals surface area contributed by atoms with Gasteiger partial charge >= 0.3 is 0 Å². The Hall–Kier alpha value is -4.17. The van der Waals surface area contributed by atoms with E-state index in [0.29, 0.717) is 0 Å². The van der Waals surface area contributed by atoms with Crippen molar-refractivity contribution in [2.24, 2.45) is 5.10 Å². The summed E-state index contributed by atoms with van der Waals surface area (Å²) in [7, 11) is 0. The Morgan fingerprint density at radius 3 is 1.50 bits per heavy atom. The number of hydrazone groups is 1. The maximum atomic E-state index is 4.93. The van der Waals surface area contributed by atoms with Gasteiger partial charge in [-0.1, -0.05) is 152 Å². The molecule has 0 saturated heterocycles. The molecule has 6 rings (SSSR count). The van der Waals surface area contributed by atoms with Gasteiger partial charge < -0.3 is 0 Å². The molecule has 0 atom stereocenters. The van der Waals surface area contributed by atoms with Gasteiger partial charge in [0, 0.05) is 5.56 Å². The van der Waals surface area contributed by atoms with Crippen LogP contribution in [0.2, 0.25) is 0 Å². The predicted octanol–water partition coefficient (Wildman–Crippen LogP) is 12.0. The zero-order valence-electron chi connectivity index (χ0n) is 25.1. The molecule has 0 bridgehead atoms. The first-order valence-electron chi connectivity index (χ1n) is 14.9. The van der Waals surface area contributed by atoms with E-state index in [1.807, 2.05) is 75.3 Å². The third-order valence-electron chi connectivity index (χ3n) is 6.58. The molecular formula is C38H44N2. The van der Waals surface area contributed by atoms with Gasteiger partial charge in [0.05, 0.1) is 17.6 Å². The number of rotatable bonds is 6. The topological polar surface area (TPSA) is 15.6 Å². The van der Waals surface area contributed by atoms with E-state index in [0.717, 1.165) is 16.9 Å². The summed E-state index contributed by atoms with van der Waals surface area (Å²) in [6, 6.07) is 40.3. The van der Waals surface area contributed by atoms with Gasteiger partial charge in [-0.3, -0.25) is 0 Å². The van der Waals surface area contributed by atoms with Crippen molar-refractivity contribution >= 4 is 49.9 Å². The molecule has 0 aromatic heterocycles. The molecule has 6 aromatic rings. The average Bonchev–Trinajstić information content (AvgIpc) is 3.04. The van der Waals surface area contributed by atoms with Crippen molar-refractivity contribution in [1.82, 2.24) is 0 Å². The fourth-order valence-corrected chi connectivity index (χ4v) is 4.76. The molecule has 2 heteroatoms. The lowest BCUT2D eigenvalue weighted by Crippen LogP contribution is -2.09. The summed E-state index contributed by atoms with van der Waals surface area (Å²) in [6.07, 6.45) is 6.05. The van der Waals surface area contributed by atoms with E-state index in [-0.39, 0.29) is 0 Å². The maximum absolute atomic E-state index is 4.93. The first-order chi connectivity index (χ1) is 19.8. The highest BCUT2D eigenvalue weighted by atomic mass is 15.5. The van der Waals surface area contributed by atoms with Gasteiger partial charge in [0.25, 0.3) is 0 Å². The van der Waals surface area contributed by atoms with Crippen LogP contribution in [0.5, 0.6) is 0 Å². The SMILES string of the molecule is C(=NN(c1ccccc1)c1ccccc1)c1ccc2ccc3cccc4ccc1c2c34.CC.CC.CCCCC. The number of unbranched alkanes of at least 4 members (excludes halogenated alkanes) is 2. The summed E-state index contributed by atoms with van der Waals surface area (Å²) in [5.41, 5.74) is 3.17. The first kappa shape index (κ1) is 30.4. The summed E-state index contributed by atoms with van der Waals surface area (Å²) < 4.78 is 0. The number of hydrogen-bond acceptors (Lipinski definition) is 2. The lowest BCUT2D eigenvalue weighted by molar-refractivity contribution is 0.772. The molecule has 0 N–H and O–H groups in total.